The molecule has 0 spiro atoms. The molecule has 8 heteroatoms. The molecule has 3 aromatic heterocycles. The Morgan fingerprint density at radius 3 is 2.77 bits per heavy atom. The summed E-state index contributed by atoms with van der Waals surface area (Å²) >= 11 is 1.45. The van der Waals surface area contributed by atoms with Crippen LogP contribution in [0.3, 0.4) is 0 Å². The lowest BCUT2D eigenvalue weighted by molar-refractivity contribution is 0.585. The molecular formula is C23H26N6OS. The molecule has 0 atom stereocenters. The van der Waals surface area contributed by atoms with Crippen LogP contribution in [0.25, 0.3) is 26.1 Å². The number of thiophene rings is 1. The molecule has 31 heavy (non-hydrogen) atoms. The molecule has 1 fully saturated rings. The van der Waals surface area contributed by atoms with E-state index in [2.05, 4.69) is 40.3 Å². The fraction of sp³-hybridized carbons (Fsp3) is 0.348. The molecule has 2 aliphatic rings. The van der Waals surface area contributed by atoms with Gasteiger partial charge in [0, 0.05) is 58.5 Å². The average Bonchev–Trinajstić information content (AvgIpc) is 3.02. The highest BCUT2D eigenvalue weighted by Gasteiger charge is 2.21. The first-order chi connectivity index (χ1) is 15.0. The molecule has 1 aliphatic carbocycles. The molecule has 0 amide bonds. The maximum Gasteiger partial charge on any atom is 0.275 e. The topological polar surface area (TPSA) is 66.3 Å². The van der Waals surface area contributed by atoms with Crippen molar-refractivity contribution < 1.29 is 0 Å². The Morgan fingerprint density at radius 1 is 1.19 bits per heavy atom. The summed E-state index contributed by atoms with van der Waals surface area (Å²) in [5.74, 6) is 0.960. The summed E-state index contributed by atoms with van der Waals surface area (Å²) in [6.07, 6.45) is 10.5. The number of pyridine rings is 1. The Hall–Kier alpha value is -2.97. The molecule has 3 aromatic rings. The van der Waals surface area contributed by atoms with Crippen LogP contribution in [0.4, 0.5) is 11.5 Å². The molecule has 0 saturated carbocycles. The van der Waals surface area contributed by atoms with Crippen molar-refractivity contribution in [3.8, 4) is 0 Å². The second-order valence-corrected chi connectivity index (χ2v) is 9.18. The van der Waals surface area contributed by atoms with Crippen LogP contribution in [0.2, 0.25) is 0 Å². The zero-order valence-corrected chi connectivity index (χ0v) is 18.9. The molecule has 0 radical (unpaired) electrons. The maximum atomic E-state index is 13.4. The Balaban J connectivity index is 1.70. The highest BCUT2D eigenvalue weighted by atomic mass is 32.1. The number of rotatable bonds is 3. The third-order valence-electron chi connectivity index (χ3n) is 5.80. The third-order valence-corrected chi connectivity index (χ3v) is 6.86. The van der Waals surface area contributed by atoms with Crippen LogP contribution in [-0.2, 0) is 0 Å². The summed E-state index contributed by atoms with van der Waals surface area (Å²) in [6.45, 7) is 5.81. The van der Waals surface area contributed by atoms with Crippen LogP contribution in [0, 0.1) is 0 Å². The van der Waals surface area contributed by atoms with E-state index < -0.39 is 0 Å². The second kappa shape index (κ2) is 7.94. The Kier molecular flexibility index (Phi) is 5.11. The highest BCUT2D eigenvalue weighted by Crippen LogP contribution is 2.38. The van der Waals surface area contributed by atoms with Crippen LogP contribution in [0.5, 0.6) is 0 Å². The molecule has 7 nitrogen and oxygen atoms in total. The zero-order valence-electron chi connectivity index (χ0n) is 18.1. The number of aromatic nitrogens is 3. The van der Waals surface area contributed by atoms with E-state index in [9.17, 15) is 4.79 Å². The van der Waals surface area contributed by atoms with Crippen LogP contribution >= 0.6 is 11.3 Å². The lowest BCUT2D eigenvalue weighted by Gasteiger charge is -2.29. The fourth-order valence-electron chi connectivity index (χ4n) is 4.11. The molecule has 0 unspecified atom stereocenters. The van der Waals surface area contributed by atoms with Gasteiger partial charge < -0.3 is 15.1 Å². The number of fused-ring (bicyclic) bond motifs is 3. The molecule has 1 N–H and O–H groups in total. The predicted octanol–water partition coefficient (Wildman–Crippen LogP) is 3.23. The van der Waals surface area contributed by atoms with Crippen molar-refractivity contribution in [2.45, 2.75) is 13.3 Å². The monoisotopic (exact) mass is 434 g/mol. The van der Waals surface area contributed by atoms with Crippen LogP contribution in [0.15, 0.2) is 47.1 Å². The van der Waals surface area contributed by atoms with E-state index in [-0.39, 0.29) is 5.56 Å². The number of nitrogens with zero attached hydrogens (tertiary/aromatic N) is 5. The normalized spacial score (nSPS) is 17.1. The molecule has 5 rings (SSSR count). The second-order valence-electron chi connectivity index (χ2n) is 8.19. The minimum absolute atomic E-state index is 0.0333. The molecular weight excluding hydrogens is 408 g/mol. The van der Waals surface area contributed by atoms with E-state index >= 15 is 0 Å². The van der Waals surface area contributed by atoms with Gasteiger partial charge in [0.15, 0.2) is 0 Å². The van der Waals surface area contributed by atoms with Crippen molar-refractivity contribution >= 4 is 49.0 Å². The van der Waals surface area contributed by atoms with E-state index in [1.807, 2.05) is 26.2 Å². The number of nitrogens with one attached hydrogen (secondary N) is 1. The summed E-state index contributed by atoms with van der Waals surface area (Å²) in [4.78, 5) is 28.4. The first kappa shape index (κ1) is 20.0. The van der Waals surface area contributed by atoms with Crippen LogP contribution in [0.1, 0.15) is 13.3 Å². The van der Waals surface area contributed by atoms with Crippen molar-refractivity contribution in [1.82, 2.24) is 19.9 Å². The zero-order chi connectivity index (χ0) is 21.5. The van der Waals surface area contributed by atoms with Crippen molar-refractivity contribution in [2.75, 3.05) is 50.1 Å². The summed E-state index contributed by atoms with van der Waals surface area (Å²) < 4.78 is 2.32. The van der Waals surface area contributed by atoms with Gasteiger partial charge in [-0.25, -0.2) is 9.97 Å². The van der Waals surface area contributed by atoms with Crippen molar-refractivity contribution in [2.24, 2.45) is 0 Å². The number of piperazine rings is 1. The van der Waals surface area contributed by atoms with Crippen molar-refractivity contribution in [3.63, 3.8) is 0 Å². The molecule has 1 saturated heterocycles. The predicted molar refractivity (Wildman–Crippen MR) is 130 cm³/mol. The molecule has 4 heterocycles. The Morgan fingerprint density at radius 2 is 2.00 bits per heavy atom. The number of anilines is 2. The summed E-state index contributed by atoms with van der Waals surface area (Å²) in [7, 11) is 4.05. The number of allylic oxidation sites excluding steroid dienone is 6. The summed E-state index contributed by atoms with van der Waals surface area (Å²) in [5, 5.41) is 4.34. The van der Waals surface area contributed by atoms with Gasteiger partial charge in [-0.05, 0) is 13.0 Å². The highest BCUT2D eigenvalue weighted by molar-refractivity contribution is 7.25. The number of hydrogen-bond donors (Lipinski definition) is 1. The lowest BCUT2D eigenvalue weighted by Crippen LogP contribution is -2.43. The van der Waals surface area contributed by atoms with Crippen LogP contribution in [-0.4, -0.2) is 54.8 Å². The maximum absolute atomic E-state index is 13.4. The first-order valence-corrected chi connectivity index (χ1v) is 11.4. The van der Waals surface area contributed by atoms with E-state index in [0.29, 0.717) is 11.1 Å². The SMILES string of the molecule is CC1=CC=C(n2cnc3c(sc4nc(N5CCNCC5)cc(N(C)C)c43)c2=O)CC=C1. The van der Waals surface area contributed by atoms with Gasteiger partial charge in [0.25, 0.3) is 5.56 Å². The minimum atomic E-state index is -0.0333. The van der Waals surface area contributed by atoms with Crippen molar-refractivity contribution in [1.29, 1.82) is 0 Å². The Labute approximate surface area is 185 Å². The van der Waals surface area contributed by atoms with Gasteiger partial charge in [0.2, 0.25) is 0 Å². The van der Waals surface area contributed by atoms with Gasteiger partial charge in [-0.1, -0.05) is 23.8 Å². The van der Waals surface area contributed by atoms with Gasteiger partial charge in [-0.15, -0.1) is 11.3 Å². The van der Waals surface area contributed by atoms with E-state index in [4.69, 9.17) is 9.97 Å². The van der Waals surface area contributed by atoms with E-state index in [1.165, 1.54) is 16.9 Å². The largest absolute Gasteiger partial charge is 0.377 e. The first-order valence-electron chi connectivity index (χ1n) is 10.5. The fourth-order valence-corrected chi connectivity index (χ4v) is 5.18. The smallest absolute Gasteiger partial charge is 0.275 e. The standard InChI is InChI=1S/C23H26N6OS/c1-15-5-4-6-16(8-7-15)29-14-25-20-19-17(27(2)3)13-18(28-11-9-24-10-12-28)26-22(19)31-21(20)23(29)30/h4-5,7-8,13-14,24H,6,9-12H2,1-3H3. The molecule has 0 aromatic carbocycles. The Bertz CT molecular complexity index is 1310. The lowest BCUT2D eigenvalue weighted by atomic mass is 10.2. The van der Waals surface area contributed by atoms with E-state index in [0.717, 1.165) is 59.1 Å². The van der Waals surface area contributed by atoms with Gasteiger partial charge in [0.1, 0.15) is 27.2 Å². The van der Waals surface area contributed by atoms with Gasteiger partial charge in [-0.3, -0.25) is 9.36 Å². The van der Waals surface area contributed by atoms with Gasteiger partial charge in [-0.2, -0.15) is 0 Å². The van der Waals surface area contributed by atoms with Crippen molar-refractivity contribution in [3.05, 3.63) is 52.6 Å². The quantitative estimate of drug-likeness (QED) is 0.683. The molecule has 1 aliphatic heterocycles. The minimum Gasteiger partial charge on any atom is -0.377 e. The number of hydrogen-bond acceptors (Lipinski definition) is 7. The summed E-state index contributed by atoms with van der Waals surface area (Å²) in [6, 6.07) is 2.12. The van der Waals surface area contributed by atoms with Gasteiger partial charge >= 0.3 is 0 Å². The molecule has 160 valence electrons. The van der Waals surface area contributed by atoms with Crippen LogP contribution < -0.4 is 20.7 Å². The van der Waals surface area contributed by atoms with E-state index in [1.54, 1.807) is 10.9 Å². The molecule has 0 bridgehead atoms. The summed E-state index contributed by atoms with van der Waals surface area (Å²) in [5.41, 5.74) is 3.84. The van der Waals surface area contributed by atoms with Gasteiger partial charge in [0.05, 0.1) is 11.1 Å². The third kappa shape index (κ3) is 3.55. The average molecular weight is 435 g/mol.